The Morgan fingerprint density at radius 2 is 1.90 bits per heavy atom. The van der Waals surface area contributed by atoms with E-state index in [9.17, 15) is 19.8 Å². The van der Waals surface area contributed by atoms with Crippen LogP contribution in [0.1, 0.15) is 53.4 Å². The van der Waals surface area contributed by atoms with Crippen molar-refractivity contribution in [1.29, 1.82) is 0 Å². The molecule has 0 amide bonds. The van der Waals surface area contributed by atoms with Crippen molar-refractivity contribution in [3.8, 4) is 5.75 Å². The summed E-state index contributed by atoms with van der Waals surface area (Å²) < 4.78 is 18.1. The summed E-state index contributed by atoms with van der Waals surface area (Å²) in [7, 11) is 1.63. The van der Waals surface area contributed by atoms with Crippen LogP contribution >= 0.6 is 0 Å². The largest absolute Gasteiger partial charge is 0.497 e. The van der Waals surface area contributed by atoms with Crippen molar-refractivity contribution in [2.24, 2.45) is 45.8 Å². The fourth-order valence-electron chi connectivity index (χ4n) is 10.1. The van der Waals surface area contributed by atoms with Crippen molar-refractivity contribution < 1.29 is 34.0 Å². The van der Waals surface area contributed by atoms with E-state index in [0.717, 1.165) is 36.1 Å². The van der Waals surface area contributed by atoms with Crippen molar-refractivity contribution in [2.45, 2.75) is 71.9 Å². The van der Waals surface area contributed by atoms with E-state index in [1.165, 1.54) is 0 Å². The van der Waals surface area contributed by atoms with E-state index in [1.54, 1.807) is 7.11 Å². The fourth-order valence-corrected chi connectivity index (χ4v) is 10.1. The standard InChI is InChI=1S/C33H45NO7/c1-19(2)27-12-22-13-31(17-35)26-11-6-20(3)25(26)14-32(22,33(27,31)30(37)38)18-40-29-28(36)16-34(15-21(4)41-29)23-7-9-24(39-5)10-8-23/h7-10,12,17,19-22,25-26,28-29,36H,6,11,13-16,18H2,1-5H3,(H,37,38)/t20-,21-,22+,25-,26-,28+,29-,31+,32+,33+/m1/s1. The van der Waals surface area contributed by atoms with E-state index < -0.39 is 34.6 Å². The Hall–Kier alpha value is -2.42. The van der Waals surface area contributed by atoms with E-state index in [-0.39, 0.29) is 36.4 Å². The molecule has 1 heterocycles. The van der Waals surface area contributed by atoms with E-state index in [0.29, 0.717) is 31.8 Å². The maximum Gasteiger partial charge on any atom is 0.315 e. The molecule has 2 N–H and O–H groups in total. The Morgan fingerprint density at radius 3 is 2.54 bits per heavy atom. The number of benzene rings is 1. The maximum absolute atomic E-state index is 13.7. The third-order valence-corrected chi connectivity index (χ3v) is 11.6. The van der Waals surface area contributed by atoms with Crippen LogP contribution < -0.4 is 9.64 Å². The lowest BCUT2D eigenvalue weighted by Crippen LogP contribution is -2.63. The highest BCUT2D eigenvalue weighted by Gasteiger charge is 2.84. The molecule has 224 valence electrons. The van der Waals surface area contributed by atoms with Gasteiger partial charge in [0.25, 0.3) is 0 Å². The summed E-state index contributed by atoms with van der Waals surface area (Å²) in [6.45, 7) is 9.33. The van der Waals surface area contributed by atoms with Crippen LogP contribution in [0.25, 0.3) is 0 Å². The van der Waals surface area contributed by atoms with Crippen molar-refractivity contribution in [2.75, 3.05) is 31.7 Å². The summed E-state index contributed by atoms with van der Waals surface area (Å²) in [5.74, 6) is 0.600. The number of carbonyl (C=O) groups excluding carboxylic acids is 1. The van der Waals surface area contributed by atoms with Crippen LogP contribution in [0.2, 0.25) is 0 Å². The average Bonchev–Trinajstić information content (AvgIpc) is 3.47. The Labute approximate surface area is 243 Å². The number of anilines is 1. The highest BCUT2D eigenvalue weighted by atomic mass is 16.7. The third-order valence-electron chi connectivity index (χ3n) is 11.6. The summed E-state index contributed by atoms with van der Waals surface area (Å²) in [6, 6.07) is 7.71. The molecule has 5 aliphatic rings. The SMILES string of the molecule is COc1ccc(N2C[C@@H](C)O[C@@H](OC[C@@]34C[C@@H]5[C@H](C)CC[C@H]5[C@@]5(C=O)C[C@@H]3C=C(C(C)C)[C@@]45C(=O)O)[C@@H](O)C2)cc1. The van der Waals surface area contributed by atoms with Crippen LogP contribution in [0.5, 0.6) is 5.75 Å². The van der Waals surface area contributed by atoms with Crippen molar-refractivity contribution >= 4 is 17.9 Å². The first-order valence-electron chi connectivity index (χ1n) is 15.3. The summed E-state index contributed by atoms with van der Waals surface area (Å²) in [4.78, 5) is 29.0. The molecule has 1 aromatic carbocycles. The van der Waals surface area contributed by atoms with E-state index in [1.807, 2.05) is 45.0 Å². The number of rotatable bonds is 8. The molecule has 1 saturated heterocycles. The minimum Gasteiger partial charge on any atom is -0.497 e. The first-order valence-corrected chi connectivity index (χ1v) is 15.3. The first-order chi connectivity index (χ1) is 19.5. The summed E-state index contributed by atoms with van der Waals surface area (Å²) in [5.41, 5.74) is -1.16. The fraction of sp³-hybridized carbons (Fsp3) is 0.697. The summed E-state index contributed by atoms with van der Waals surface area (Å²) in [6.07, 6.45) is 4.34. The Bertz CT molecular complexity index is 1210. The van der Waals surface area contributed by atoms with Gasteiger partial charge in [0.15, 0.2) is 6.29 Å². The minimum atomic E-state index is -1.30. The van der Waals surface area contributed by atoms with Gasteiger partial charge >= 0.3 is 5.97 Å². The number of aliphatic hydroxyl groups is 1. The molecule has 4 bridgehead atoms. The molecule has 8 nitrogen and oxygen atoms in total. The number of aliphatic hydroxyl groups excluding tert-OH is 1. The van der Waals surface area contributed by atoms with Crippen LogP contribution in [0.3, 0.4) is 0 Å². The molecule has 1 aromatic rings. The van der Waals surface area contributed by atoms with Crippen LogP contribution in [0.4, 0.5) is 5.69 Å². The quantitative estimate of drug-likeness (QED) is 0.348. The molecule has 4 fully saturated rings. The van der Waals surface area contributed by atoms with Gasteiger partial charge in [-0.15, -0.1) is 0 Å². The molecule has 10 atom stereocenters. The second-order valence-corrected chi connectivity index (χ2v) is 13.8. The van der Waals surface area contributed by atoms with Crippen LogP contribution in [-0.4, -0.2) is 67.8 Å². The highest BCUT2D eigenvalue weighted by Crippen LogP contribution is 2.82. The number of aliphatic carboxylic acids is 1. The second kappa shape index (κ2) is 10.1. The molecular formula is C33H45NO7. The van der Waals surface area contributed by atoms with E-state index >= 15 is 0 Å². The lowest BCUT2D eigenvalue weighted by molar-refractivity contribution is -0.235. The molecule has 8 heteroatoms. The average molecular weight is 568 g/mol. The minimum absolute atomic E-state index is 0.00303. The Morgan fingerprint density at radius 1 is 1.17 bits per heavy atom. The third kappa shape index (κ3) is 3.82. The van der Waals surface area contributed by atoms with Crippen LogP contribution in [-0.2, 0) is 19.1 Å². The van der Waals surface area contributed by atoms with Gasteiger partial charge in [0, 0.05) is 24.2 Å². The number of aldehydes is 1. The molecule has 0 spiro atoms. The molecule has 6 rings (SSSR count). The highest BCUT2D eigenvalue weighted by molar-refractivity contribution is 5.90. The summed E-state index contributed by atoms with van der Waals surface area (Å²) in [5, 5.41) is 22.5. The van der Waals surface area contributed by atoms with Gasteiger partial charge in [0.1, 0.15) is 23.6 Å². The maximum atomic E-state index is 13.7. The molecule has 0 radical (unpaired) electrons. The number of carboxylic acid groups (broad SMARTS) is 1. The van der Waals surface area contributed by atoms with Gasteiger partial charge in [-0.05, 0) is 80.0 Å². The van der Waals surface area contributed by atoms with Gasteiger partial charge < -0.3 is 34.1 Å². The number of allylic oxidation sites excluding steroid dienone is 1. The zero-order valence-corrected chi connectivity index (χ0v) is 24.9. The zero-order valence-electron chi connectivity index (χ0n) is 24.9. The Kier molecular flexibility index (Phi) is 7.06. The van der Waals surface area contributed by atoms with Crippen molar-refractivity contribution in [3.63, 3.8) is 0 Å². The van der Waals surface area contributed by atoms with Gasteiger partial charge in [-0.2, -0.15) is 0 Å². The van der Waals surface area contributed by atoms with Gasteiger partial charge in [0.05, 0.1) is 25.2 Å². The number of ether oxygens (including phenoxy) is 3. The number of methoxy groups -OCH3 is 1. The molecule has 1 aliphatic heterocycles. The Balaban J connectivity index is 1.32. The lowest BCUT2D eigenvalue weighted by atomic mass is 9.43. The van der Waals surface area contributed by atoms with E-state index in [2.05, 4.69) is 17.9 Å². The first kappa shape index (κ1) is 28.7. The van der Waals surface area contributed by atoms with E-state index in [4.69, 9.17) is 14.2 Å². The number of β-amino-alcohol motifs (C(OH)–C–C–N with tert-alkyl or cyclic N) is 1. The van der Waals surface area contributed by atoms with Crippen LogP contribution in [0.15, 0.2) is 35.9 Å². The molecule has 0 aromatic heterocycles. The van der Waals surface area contributed by atoms with Crippen LogP contribution in [0, 0.1) is 45.8 Å². The number of carbonyl (C=O) groups is 2. The van der Waals surface area contributed by atoms with Gasteiger partial charge in [-0.1, -0.05) is 38.8 Å². The monoisotopic (exact) mass is 567 g/mol. The lowest BCUT2D eigenvalue weighted by Gasteiger charge is -2.58. The number of hydrogen-bond acceptors (Lipinski definition) is 7. The summed E-state index contributed by atoms with van der Waals surface area (Å²) >= 11 is 0. The predicted molar refractivity (Wildman–Crippen MR) is 154 cm³/mol. The molecular weight excluding hydrogens is 522 g/mol. The van der Waals surface area contributed by atoms with Crippen molar-refractivity contribution in [1.82, 2.24) is 0 Å². The molecule has 3 saturated carbocycles. The number of carboxylic acids is 1. The molecule has 0 unspecified atom stereocenters. The second-order valence-electron chi connectivity index (χ2n) is 13.8. The molecule has 41 heavy (non-hydrogen) atoms. The molecule has 4 aliphatic carbocycles. The smallest absolute Gasteiger partial charge is 0.315 e. The number of fused-ring (bicyclic) bond motifs is 2. The van der Waals surface area contributed by atoms with Gasteiger partial charge in [0.2, 0.25) is 0 Å². The normalized spacial score (nSPS) is 43.0. The van der Waals surface area contributed by atoms with Gasteiger partial charge in [-0.3, -0.25) is 4.79 Å². The number of hydrogen-bond donors (Lipinski definition) is 2. The predicted octanol–water partition coefficient (Wildman–Crippen LogP) is 4.55. The number of nitrogens with zero attached hydrogens (tertiary/aromatic N) is 1. The van der Waals surface area contributed by atoms with Gasteiger partial charge in [-0.25, -0.2) is 0 Å². The zero-order chi connectivity index (χ0) is 29.3. The topological polar surface area (TPSA) is 106 Å². The van der Waals surface area contributed by atoms with Crippen molar-refractivity contribution in [3.05, 3.63) is 35.9 Å².